The van der Waals surface area contributed by atoms with E-state index in [2.05, 4.69) is 29.5 Å². The number of aryl methyl sites for hydroxylation is 1. The molecule has 26 heavy (non-hydrogen) atoms. The molecule has 1 atom stereocenters. The first-order chi connectivity index (χ1) is 12.7. The number of anilines is 1. The van der Waals surface area contributed by atoms with Crippen LogP contribution in [0.1, 0.15) is 30.0 Å². The van der Waals surface area contributed by atoms with E-state index in [-0.39, 0.29) is 12.1 Å². The van der Waals surface area contributed by atoms with E-state index in [1.165, 1.54) is 11.1 Å². The lowest BCUT2D eigenvalue weighted by Crippen LogP contribution is -2.34. The first kappa shape index (κ1) is 16.4. The van der Waals surface area contributed by atoms with Crippen molar-refractivity contribution in [2.75, 3.05) is 11.9 Å². The second-order valence-electron chi connectivity index (χ2n) is 6.64. The summed E-state index contributed by atoms with van der Waals surface area (Å²) in [5.74, 6) is 0. The molecular formula is C21H22N4O. The Hall–Kier alpha value is -3.08. The van der Waals surface area contributed by atoms with Gasteiger partial charge in [-0.05, 0) is 55.2 Å². The van der Waals surface area contributed by atoms with Crippen LogP contribution in [0.25, 0.3) is 5.69 Å². The van der Waals surface area contributed by atoms with Crippen LogP contribution in [0.5, 0.6) is 0 Å². The second kappa shape index (κ2) is 7.04. The van der Waals surface area contributed by atoms with Gasteiger partial charge < -0.3 is 10.2 Å². The molecule has 2 heterocycles. The molecule has 5 nitrogen and oxygen atoms in total. The van der Waals surface area contributed by atoms with Crippen LogP contribution in [0.2, 0.25) is 0 Å². The zero-order valence-corrected chi connectivity index (χ0v) is 14.8. The van der Waals surface area contributed by atoms with Crippen LogP contribution in [0.3, 0.4) is 0 Å². The highest BCUT2D eigenvalue weighted by Gasteiger charge is 2.30. The molecule has 1 N–H and O–H groups in total. The van der Waals surface area contributed by atoms with Gasteiger partial charge in [0.15, 0.2) is 0 Å². The lowest BCUT2D eigenvalue weighted by atomic mass is 9.99. The number of carbonyl (C=O) groups is 1. The molecule has 0 bridgehead atoms. The number of amides is 2. The van der Waals surface area contributed by atoms with E-state index in [0.717, 1.165) is 30.8 Å². The van der Waals surface area contributed by atoms with E-state index in [0.29, 0.717) is 0 Å². The largest absolute Gasteiger partial charge is 0.322 e. The van der Waals surface area contributed by atoms with Crippen molar-refractivity contribution in [2.45, 2.75) is 25.8 Å². The average molecular weight is 346 g/mol. The Labute approximate surface area is 153 Å². The van der Waals surface area contributed by atoms with E-state index in [1.807, 2.05) is 53.6 Å². The Morgan fingerprint density at radius 1 is 1.15 bits per heavy atom. The molecule has 132 valence electrons. The number of rotatable bonds is 3. The minimum absolute atomic E-state index is 0.0478. The first-order valence-electron chi connectivity index (χ1n) is 8.95. The molecular weight excluding hydrogens is 324 g/mol. The highest BCUT2D eigenvalue weighted by molar-refractivity contribution is 5.90. The third-order valence-electron chi connectivity index (χ3n) is 4.93. The first-order valence-corrected chi connectivity index (χ1v) is 8.95. The molecule has 1 aromatic heterocycles. The fourth-order valence-electron chi connectivity index (χ4n) is 3.64. The zero-order chi connectivity index (χ0) is 17.9. The fraction of sp³-hybridized carbons (Fsp3) is 0.238. The summed E-state index contributed by atoms with van der Waals surface area (Å²) < 4.78 is 1.78. The smallest absolute Gasteiger partial charge is 0.317 e. The molecule has 3 aromatic rings. The minimum atomic E-state index is -0.0478. The van der Waals surface area contributed by atoms with Gasteiger partial charge in [0.05, 0.1) is 11.7 Å². The van der Waals surface area contributed by atoms with Crippen LogP contribution >= 0.6 is 0 Å². The maximum atomic E-state index is 12.9. The Morgan fingerprint density at radius 3 is 2.85 bits per heavy atom. The van der Waals surface area contributed by atoms with Crippen molar-refractivity contribution in [1.29, 1.82) is 0 Å². The summed E-state index contributed by atoms with van der Waals surface area (Å²) in [6.45, 7) is 2.89. The number of aromatic nitrogens is 2. The predicted molar refractivity (Wildman–Crippen MR) is 102 cm³/mol. The van der Waals surface area contributed by atoms with Crippen molar-refractivity contribution in [2.24, 2.45) is 0 Å². The van der Waals surface area contributed by atoms with Gasteiger partial charge in [-0.25, -0.2) is 9.48 Å². The average Bonchev–Trinajstić information content (AvgIpc) is 3.34. The summed E-state index contributed by atoms with van der Waals surface area (Å²) in [5.41, 5.74) is 4.17. The van der Waals surface area contributed by atoms with Gasteiger partial charge >= 0.3 is 6.03 Å². The van der Waals surface area contributed by atoms with Crippen LogP contribution in [0.15, 0.2) is 67.0 Å². The number of hydrogen-bond acceptors (Lipinski definition) is 2. The van der Waals surface area contributed by atoms with E-state index in [1.54, 1.807) is 10.9 Å². The quantitative estimate of drug-likeness (QED) is 0.756. The number of nitrogens with zero attached hydrogens (tertiary/aromatic N) is 3. The van der Waals surface area contributed by atoms with Gasteiger partial charge in [0.1, 0.15) is 0 Å². The number of hydrogen-bond donors (Lipinski definition) is 1. The molecule has 5 heteroatoms. The molecule has 2 aromatic carbocycles. The molecule has 2 amide bonds. The number of likely N-dealkylation sites (tertiary alicyclic amines) is 1. The number of benzene rings is 2. The monoisotopic (exact) mass is 346 g/mol. The van der Waals surface area contributed by atoms with Crippen LogP contribution < -0.4 is 5.32 Å². The highest BCUT2D eigenvalue weighted by Crippen LogP contribution is 2.34. The number of urea groups is 1. The van der Waals surface area contributed by atoms with E-state index in [9.17, 15) is 4.79 Å². The van der Waals surface area contributed by atoms with E-state index < -0.39 is 0 Å². The Morgan fingerprint density at radius 2 is 2.04 bits per heavy atom. The molecule has 1 aliphatic rings. The number of carbonyl (C=O) groups excluding carboxylic acids is 1. The Kier molecular flexibility index (Phi) is 4.44. The van der Waals surface area contributed by atoms with Crippen LogP contribution in [0.4, 0.5) is 10.5 Å². The molecule has 1 aliphatic heterocycles. The topological polar surface area (TPSA) is 50.2 Å². The minimum Gasteiger partial charge on any atom is -0.317 e. The van der Waals surface area contributed by atoms with Crippen molar-refractivity contribution in [1.82, 2.24) is 14.7 Å². The van der Waals surface area contributed by atoms with Crippen molar-refractivity contribution in [3.63, 3.8) is 0 Å². The standard InChI is InChI=1S/C21H22N4O/c1-16-7-2-3-10-19(16)20-11-5-13-24(20)21(26)23-17-8-4-9-18(15-17)25-14-6-12-22-25/h2-4,6-10,12,14-15,20H,5,11,13H2,1H3,(H,23,26)/t20-/m1/s1. The summed E-state index contributed by atoms with van der Waals surface area (Å²) in [6, 6.07) is 18.0. The molecule has 1 saturated heterocycles. The lowest BCUT2D eigenvalue weighted by molar-refractivity contribution is 0.207. The van der Waals surface area contributed by atoms with E-state index in [4.69, 9.17) is 0 Å². The molecule has 0 radical (unpaired) electrons. The summed E-state index contributed by atoms with van der Waals surface area (Å²) in [5, 5.41) is 7.29. The maximum Gasteiger partial charge on any atom is 0.322 e. The van der Waals surface area contributed by atoms with Crippen molar-refractivity contribution in [3.05, 3.63) is 78.1 Å². The maximum absolute atomic E-state index is 12.9. The summed E-state index contributed by atoms with van der Waals surface area (Å²) >= 11 is 0. The second-order valence-corrected chi connectivity index (χ2v) is 6.64. The Bertz CT molecular complexity index is 904. The van der Waals surface area contributed by atoms with Crippen LogP contribution in [-0.4, -0.2) is 27.3 Å². The van der Waals surface area contributed by atoms with Gasteiger partial charge in [-0.2, -0.15) is 5.10 Å². The SMILES string of the molecule is Cc1ccccc1[C@H]1CCCN1C(=O)Nc1cccc(-n2cccn2)c1. The lowest BCUT2D eigenvalue weighted by Gasteiger charge is -2.26. The Balaban J connectivity index is 1.53. The van der Waals surface area contributed by atoms with Gasteiger partial charge in [-0.15, -0.1) is 0 Å². The normalized spacial score (nSPS) is 16.7. The van der Waals surface area contributed by atoms with Gasteiger partial charge in [0.2, 0.25) is 0 Å². The van der Waals surface area contributed by atoms with Gasteiger partial charge in [-0.1, -0.05) is 30.3 Å². The van der Waals surface area contributed by atoms with Crippen molar-refractivity contribution >= 4 is 11.7 Å². The van der Waals surface area contributed by atoms with E-state index >= 15 is 0 Å². The molecule has 4 rings (SSSR count). The number of nitrogens with one attached hydrogen (secondary N) is 1. The summed E-state index contributed by atoms with van der Waals surface area (Å²) in [6.07, 6.45) is 5.66. The molecule has 0 saturated carbocycles. The summed E-state index contributed by atoms with van der Waals surface area (Å²) in [7, 11) is 0. The van der Waals surface area contributed by atoms with Gasteiger partial charge in [-0.3, -0.25) is 0 Å². The van der Waals surface area contributed by atoms with Crippen molar-refractivity contribution < 1.29 is 4.79 Å². The predicted octanol–water partition coefficient (Wildman–Crippen LogP) is 4.55. The highest BCUT2D eigenvalue weighted by atomic mass is 16.2. The molecule has 0 aliphatic carbocycles. The van der Waals surface area contributed by atoms with Gasteiger partial charge in [0.25, 0.3) is 0 Å². The zero-order valence-electron chi connectivity index (χ0n) is 14.8. The third kappa shape index (κ3) is 3.20. The van der Waals surface area contributed by atoms with Crippen LogP contribution in [0, 0.1) is 6.92 Å². The molecule has 0 spiro atoms. The summed E-state index contributed by atoms with van der Waals surface area (Å²) in [4.78, 5) is 14.8. The third-order valence-corrected chi connectivity index (χ3v) is 4.93. The fourth-order valence-corrected chi connectivity index (χ4v) is 3.64. The van der Waals surface area contributed by atoms with Crippen molar-refractivity contribution in [3.8, 4) is 5.69 Å². The molecule has 0 unspecified atom stereocenters. The van der Waals surface area contributed by atoms with Crippen LogP contribution in [-0.2, 0) is 0 Å². The van der Waals surface area contributed by atoms with Gasteiger partial charge in [0, 0.05) is 24.6 Å². The molecule has 1 fully saturated rings.